The van der Waals surface area contributed by atoms with Gasteiger partial charge >= 0.3 is 0 Å². The Balaban J connectivity index is 2.90. The van der Waals surface area contributed by atoms with E-state index in [0.29, 0.717) is 17.1 Å². The quantitative estimate of drug-likeness (QED) is 0.423. The number of halogens is 1. The van der Waals surface area contributed by atoms with Gasteiger partial charge in [0.25, 0.3) is 0 Å². The molecule has 0 saturated heterocycles. The van der Waals surface area contributed by atoms with Gasteiger partial charge in [-0.1, -0.05) is 10.1 Å². The first-order valence-electron chi connectivity index (χ1n) is 3.42. The normalized spacial score (nSPS) is 24.3. The van der Waals surface area contributed by atoms with Crippen LogP contribution in [0.1, 0.15) is 13.8 Å². The fourth-order valence-corrected chi connectivity index (χ4v) is 1.10. The first-order chi connectivity index (χ1) is 5.15. The van der Waals surface area contributed by atoms with Crippen molar-refractivity contribution in [2.45, 2.75) is 19.9 Å². The molecule has 1 heterocycles. The third kappa shape index (κ3) is 1.48. The molecule has 0 aromatic carbocycles. The molecule has 60 valence electrons. The van der Waals surface area contributed by atoms with Gasteiger partial charge in [-0.3, -0.25) is 0 Å². The van der Waals surface area contributed by atoms with Gasteiger partial charge in [-0.25, -0.2) is 5.12 Å². The first-order valence-corrected chi connectivity index (χ1v) is 3.42. The zero-order chi connectivity index (χ0) is 8.43. The largest absolute Gasteiger partial charge is 0.301 e. The minimum atomic E-state index is -0.736. The van der Waals surface area contributed by atoms with E-state index in [9.17, 15) is 9.28 Å². The Labute approximate surface area is 64.9 Å². The van der Waals surface area contributed by atoms with Gasteiger partial charge in [0.2, 0.25) is 0 Å². The van der Waals surface area contributed by atoms with E-state index in [0.717, 1.165) is 5.57 Å². The van der Waals surface area contributed by atoms with E-state index in [1.807, 2.05) is 6.92 Å². The second-order valence-electron chi connectivity index (χ2n) is 2.63. The number of rotatable bonds is 1. The van der Waals surface area contributed by atoms with Crippen LogP contribution in [0.5, 0.6) is 0 Å². The van der Waals surface area contributed by atoms with Crippen molar-refractivity contribution in [3.05, 3.63) is 23.4 Å². The summed E-state index contributed by atoms with van der Waals surface area (Å²) in [5.74, 6) is 0. The number of allylic oxidation sites excluding steroid dienone is 3. The minimum Gasteiger partial charge on any atom is -0.301 e. The Kier molecular flexibility index (Phi) is 2.08. The van der Waals surface area contributed by atoms with Gasteiger partial charge in [0.1, 0.15) is 12.3 Å². The molecule has 0 fully saturated rings. The van der Waals surface area contributed by atoms with E-state index in [1.54, 1.807) is 19.1 Å². The number of nitrogens with zero attached hydrogens (tertiary/aromatic N) is 1. The van der Waals surface area contributed by atoms with Crippen LogP contribution in [0.15, 0.2) is 23.4 Å². The molecule has 0 radical (unpaired) electrons. The third-order valence-corrected chi connectivity index (χ3v) is 1.61. The summed E-state index contributed by atoms with van der Waals surface area (Å²) >= 11 is 0. The number of hydrogen-bond donors (Lipinski definition) is 0. The minimum absolute atomic E-state index is 0.458. The molecular weight excluding hydrogens is 145 g/mol. The van der Waals surface area contributed by atoms with Crippen molar-refractivity contribution < 1.29 is 9.28 Å². The van der Waals surface area contributed by atoms with Gasteiger partial charge < -0.3 is 4.79 Å². The molecule has 2 nitrogen and oxygen atoms in total. The molecule has 1 rings (SSSR count). The molecule has 11 heavy (non-hydrogen) atoms. The molecule has 0 aromatic heterocycles. The van der Waals surface area contributed by atoms with Gasteiger partial charge in [-0.15, -0.1) is 0 Å². The van der Waals surface area contributed by atoms with Crippen LogP contribution >= 0.6 is 0 Å². The molecule has 0 amide bonds. The summed E-state index contributed by atoms with van der Waals surface area (Å²) in [6, 6.07) is -0.736. The summed E-state index contributed by atoms with van der Waals surface area (Å²) in [5, 5.41) is 0.458. The molecule has 0 bridgehead atoms. The molecule has 1 atom stereocenters. The first kappa shape index (κ1) is 7.98. The summed E-state index contributed by atoms with van der Waals surface area (Å²) in [6.07, 6.45) is 3.86. The molecule has 3 heteroatoms. The van der Waals surface area contributed by atoms with Crippen LogP contribution in [-0.2, 0) is 4.79 Å². The Morgan fingerprint density at radius 3 is 2.82 bits per heavy atom. The van der Waals surface area contributed by atoms with Crippen LogP contribution in [-0.4, -0.2) is 17.5 Å². The van der Waals surface area contributed by atoms with Crippen molar-refractivity contribution in [3.8, 4) is 0 Å². The zero-order valence-electron chi connectivity index (χ0n) is 6.54. The summed E-state index contributed by atoms with van der Waals surface area (Å²) in [6.45, 7) is 3.47. The summed E-state index contributed by atoms with van der Waals surface area (Å²) < 4.78 is 12.9. The average molecular weight is 155 g/mol. The SMILES string of the molecule is CC1=CC(C=O)N(F)C(C)=C1. The summed E-state index contributed by atoms with van der Waals surface area (Å²) in [4.78, 5) is 10.3. The predicted molar refractivity (Wildman–Crippen MR) is 40.3 cm³/mol. The third-order valence-electron chi connectivity index (χ3n) is 1.61. The Bertz CT molecular complexity index is 232. The van der Waals surface area contributed by atoms with Crippen molar-refractivity contribution in [2.75, 3.05) is 0 Å². The smallest absolute Gasteiger partial charge is 0.149 e. The lowest BCUT2D eigenvalue weighted by Crippen LogP contribution is -2.28. The van der Waals surface area contributed by atoms with Crippen LogP contribution in [0.3, 0.4) is 0 Å². The summed E-state index contributed by atoms with van der Waals surface area (Å²) in [7, 11) is 0. The number of aldehydes is 1. The van der Waals surface area contributed by atoms with E-state index in [-0.39, 0.29) is 0 Å². The maximum atomic E-state index is 12.9. The van der Waals surface area contributed by atoms with E-state index in [4.69, 9.17) is 0 Å². The highest BCUT2D eigenvalue weighted by molar-refractivity contribution is 5.62. The van der Waals surface area contributed by atoms with Crippen molar-refractivity contribution in [1.82, 2.24) is 5.12 Å². The fourth-order valence-electron chi connectivity index (χ4n) is 1.10. The van der Waals surface area contributed by atoms with Gasteiger partial charge in [-0.05, 0) is 26.0 Å². The number of carbonyl (C=O) groups excluding carboxylic acids is 1. The molecule has 0 spiro atoms. The van der Waals surface area contributed by atoms with Crippen molar-refractivity contribution in [1.29, 1.82) is 0 Å². The molecule has 1 unspecified atom stereocenters. The van der Waals surface area contributed by atoms with E-state index in [1.165, 1.54) is 0 Å². The lowest BCUT2D eigenvalue weighted by atomic mass is 10.1. The van der Waals surface area contributed by atoms with Gasteiger partial charge in [-0.2, -0.15) is 0 Å². The average Bonchev–Trinajstić information content (AvgIpc) is 1.96. The van der Waals surface area contributed by atoms with Crippen LogP contribution in [0.25, 0.3) is 0 Å². The fraction of sp³-hybridized carbons (Fsp3) is 0.375. The lowest BCUT2D eigenvalue weighted by molar-refractivity contribution is -0.114. The topological polar surface area (TPSA) is 20.3 Å². The predicted octanol–water partition coefficient (Wildman–Crippen LogP) is 1.60. The standard InChI is InChI=1S/C8H10FNO/c1-6-3-7(2)10(9)8(4-6)5-11/h3-5,8H,1-2H3. The molecule has 1 aliphatic heterocycles. The number of carbonyl (C=O) groups is 1. The highest BCUT2D eigenvalue weighted by atomic mass is 19.2. The van der Waals surface area contributed by atoms with Crippen LogP contribution in [0, 0.1) is 0 Å². The second-order valence-corrected chi connectivity index (χ2v) is 2.63. The lowest BCUT2D eigenvalue weighted by Gasteiger charge is -2.22. The number of hydrogen-bond acceptors (Lipinski definition) is 2. The molecule has 0 aromatic rings. The maximum Gasteiger partial charge on any atom is 0.149 e. The maximum absolute atomic E-state index is 12.9. The van der Waals surface area contributed by atoms with E-state index >= 15 is 0 Å². The Morgan fingerprint density at radius 2 is 2.27 bits per heavy atom. The van der Waals surface area contributed by atoms with Gasteiger partial charge in [0, 0.05) is 5.70 Å². The van der Waals surface area contributed by atoms with Crippen molar-refractivity contribution in [3.63, 3.8) is 0 Å². The zero-order valence-corrected chi connectivity index (χ0v) is 6.54. The van der Waals surface area contributed by atoms with E-state index < -0.39 is 6.04 Å². The van der Waals surface area contributed by atoms with E-state index in [2.05, 4.69) is 0 Å². The van der Waals surface area contributed by atoms with Crippen LogP contribution in [0.2, 0.25) is 0 Å². The highest BCUT2D eigenvalue weighted by Crippen LogP contribution is 2.18. The molecule has 0 N–H and O–H groups in total. The molecule has 1 aliphatic rings. The van der Waals surface area contributed by atoms with Crippen molar-refractivity contribution in [2.24, 2.45) is 0 Å². The van der Waals surface area contributed by atoms with Crippen molar-refractivity contribution >= 4 is 6.29 Å². The van der Waals surface area contributed by atoms with Gasteiger partial charge in [0.05, 0.1) is 0 Å². The molecule has 0 saturated carbocycles. The molecule has 0 aliphatic carbocycles. The van der Waals surface area contributed by atoms with Crippen LogP contribution < -0.4 is 0 Å². The van der Waals surface area contributed by atoms with Crippen LogP contribution in [0.4, 0.5) is 4.48 Å². The van der Waals surface area contributed by atoms with Gasteiger partial charge in [0.15, 0.2) is 0 Å². The monoisotopic (exact) mass is 155 g/mol. The Hall–Kier alpha value is -1.12. The second kappa shape index (κ2) is 2.86. The summed E-state index contributed by atoms with van der Waals surface area (Å²) in [5.41, 5.74) is 1.40. The Morgan fingerprint density at radius 1 is 1.64 bits per heavy atom. The highest BCUT2D eigenvalue weighted by Gasteiger charge is 2.18. The molecular formula is C8H10FNO.